The number of fused-ring (bicyclic) bond motifs is 1. The Morgan fingerprint density at radius 1 is 1.22 bits per heavy atom. The number of anilines is 1. The molecule has 1 atom stereocenters. The van der Waals surface area contributed by atoms with Crippen molar-refractivity contribution in [2.75, 3.05) is 18.4 Å². The Kier molecular flexibility index (Phi) is 5.09. The molecule has 4 aromatic rings. The van der Waals surface area contributed by atoms with Gasteiger partial charge >= 0.3 is 6.18 Å². The van der Waals surface area contributed by atoms with E-state index < -0.39 is 11.7 Å². The molecule has 7 nitrogen and oxygen atoms in total. The van der Waals surface area contributed by atoms with Gasteiger partial charge < -0.3 is 20.1 Å². The number of aryl methyl sites for hydroxylation is 1. The second kappa shape index (κ2) is 7.94. The second-order valence-electron chi connectivity index (χ2n) is 7.92. The molecule has 32 heavy (non-hydrogen) atoms. The van der Waals surface area contributed by atoms with Crippen molar-refractivity contribution in [1.82, 2.24) is 25.4 Å². The van der Waals surface area contributed by atoms with Crippen molar-refractivity contribution in [3.63, 3.8) is 0 Å². The van der Waals surface area contributed by atoms with Gasteiger partial charge in [0, 0.05) is 47.0 Å². The molecule has 0 aliphatic carbocycles. The number of aromatic nitrogens is 4. The van der Waals surface area contributed by atoms with Gasteiger partial charge in [-0.1, -0.05) is 17.3 Å². The molecule has 3 N–H and O–H groups in total. The molecule has 1 aliphatic heterocycles. The van der Waals surface area contributed by atoms with E-state index in [4.69, 9.17) is 4.52 Å². The van der Waals surface area contributed by atoms with E-state index in [-0.39, 0.29) is 17.7 Å². The number of alkyl halides is 3. The zero-order chi connectivity index (χ0) is 22.3. The lowest BCUT2D eigenvalue weighted by Gasteiger charge is -2.24. The molecule has 1 unspecified atom stereocenters. The number of halogens is 3. The molecule has 1 saturated heterocycles. The number of benzene rings is 1. The normalized spacial score (nSPS) is 17.1. The van der Waals surface area contributed by atoms with E-state index in [1.165, 1.54) is 0 Å². The van der Waals surface area contributed by atoms with E-state index in [9.17, 15) is 13.2 Å². The molecule has 0 spiro atoms. The van der Waals surface area contributed by atoms with Crippen LogP contribution in [0.25, 0.3) is 33.3 Å². The highest BCUT2D eigenvalue weighted by Crippen LogP contribution is 2.39. The predicted molar refractivity (Wildman–Crippen MR) is 114 cm³/mol. The van der Waals surface area contributed by atoms with Crippen molar-refractivity contribution in [2.45, 2.75) is 32.0 Å². The molecular weight excluding hydrogens is 421 g/mol. The summed E-state index contributed by atoms with van der Waals surface area (Å²) >= 11 is 0. The van der Waals surface area contributed by atoms with E-state index in [1.807, 2.05) is 19.1 Å². The van der Waals surface area contributed by atoms with Crippen LogP contribution >= 0.6 is 0 Å². The molecule has 0 amide bonds. The molecule has 4 heterocycles. The first-order chi connectivity index (χ1) is 15.4. The van der Waals surface area contributed by atoms with Gasteiger partial charge in [-0.2, -0.15) is 13.2 Å². The third-order valence-electron chi connectivity index (χ3n) is 5.72. The summed E-state index contributed by atoms with van der Waals surface area (Å²) in [6, 6.07) is 5.55. The van der Waals surface area contributed by atoms with Crippen LogP contribution in [-0.4, -0.2) is 39.2 Å². The monoisotopic (exact) mass is 442 g/mol. The Bertz CT molecular complexity index is 1260. The summed E-state index contributed by atoms with van der Waals surface area (Å²) in [5, 5.41) is 10.9. The quantitative estimate of drug-likeness (QED) is 0.422. The summed E-state index contributed by atoms with van der Waals surface area (Å²) in [7, 11) is 0. The highest BCUT2D eigenvalue weighted by molar-refractivity contribution is 5.97. The zero-order valence-corrected chi connectivity index (χ0v) is 17.3. The van der Waals surface area contributed by atoms with Gasteiger partial charge in [0.05, 0.1) is 11.4 Å². The van der Waals surface area contributed by atoms with Gasteiger partial charge in [0.2, 0.25) is 5.95 Å². The molecule has 166 valence electrons. The minimum Gasteiger partial charge on any atom is -0.364 e. The molecule has 1 fully saturated rings. The lowest BCUT2D eigenvalue weighted by molar-refractivity contribution is -0.137. The molecule has 0 radical (unpaired) electrons. The lowest BCUT2D eigenvalue weighted by Crippen LogP contribution is -2.38. The van der Waals surface area contributed by atoms with Crippen LogP contribution in [0.5, 0.6) is 0 Å². The first-order valence-corrected chi connectivity index (χ1v) is 10.3. The first kappa shape index (κ1) is 20.5. The smallest absolute Gasteiger partial charge is 0.364 e. The molecule has 0 saturated carbocycles. The number of nitrogens with one attached hydrogen (secondary N) is 3. The van der Waals surface area contributed by atoms with Gasteiger partial charge in [0.1, 0.15) is 11.8 Å². The van der Waals surface area contributed by atoms with Crippen molar-refractivity contribution < 1.29 is 17.7 Å². The van der Waals surface area contributed by atoms with Gasteiger partial charge in [-0.15, -0.1) is 0 Å². The Hall–Kier alpha value is -3.40. The van der Waals surface area contributed by atoms with Crippen LogP contribution < -0.4 is 10.6 Å². The SMILES string of the molecule is Cc1nocc1-c1ccc2c(-c3nc(NC4CCCNC4)ncc3C(F)(F)F)c[nH]c2c1. The fourth-order valence-electron chi connectivity index (χ4n) is 4.08. The van der Waals surface area contributed by atoms with Crippen molar-refractivity contribution in [1.29, 1.82) is 0 Å². The molecule has 0 bridgehead atoms. The van der Waals surface area contributed by atoms with Gasteiger partial charge in [-0.05, 0) is 37.9 Å². The Balaban J connectivity index is 1.57. The van der Waals surface area contributed by atoms with E-state index in [1.54, 1.807) is 18.5 Å². The molecular formula is C22H21F3N6O. The van der Waals surface area contributed by atoms with Crippen molar-refractivity contribution in [2.24, 2.45) is 0 Å². The molecule has 5 rings (SSSR count). The number of nitrogens with zero attached hydrogens (tertiary/aromatic N) is 3. The van der Waals surface area contributed by atoms with Gasteiger partial charge in [0.15, 0.2) is 0 Å². The van der Waals surface area contributed by atoms with Crippen molar-refractivity contribution in [3.8, 4) is 22.4 Å². The summed E-state index contributed by atoms with van der Waals surface area (Å²) in [6.45, 7) is 3.48. The fraction of sp³-hybridized carbons (Fsp3) is 0.318. The maximum Gasteiger partial charge on any atom is 0.419 e. The summed E-state index contributed by atoms with van der Waals surface area (Å²) in [4.78, 5) is 11.3. The zero-order valence-electron chi connectivity index (χ0n) is 17.3. The highest BCUT2D eigenvalue weighted by atomic mass is 19.4. The standard InChI is InChI=1S/C22H21F3N6O/c1-12-17(11-32-31-12)13-4-5-15-16(9-27-19(15)7-13)20-18(22(23,24)25)10-28-21(30-20)29-14-3-2-6-26-8-14/h4-5,7,9-11,14,26-27H,2-3,6,8H2,1H3,(H,28,29,30). The number of rotatable bonds is 4. The van der Waals surface area contributed by atoms with Crippen LogP contribution in [0.15, 0.2) is 41.4 Å². The number of aromatic amines is 1. The molecule has 1 aromatic carbocycles. The third-order valence-corrected chi connectivity index (χ3v) is 5.72. The van der Waals surface area contributed by atoms with E-state index in [0.29, 0.717) is 16.5 Å². The van der Waals surface area contributed by atoms with Crippen LogP contribution in [0.3, 0.4) is 0 Å². The Morgan fingerprint density at radius 3 is 2.81 bits per heavy atom. The topological polar surface area (TPSA) is 91.7 Å². The largest absolute Gasteiger partial charge is 0.419 e. The average Bonchev–Trinajstić information content (AvgIpc) is 3.39. The summed E-state index contributed by atoms with van der Waals surface area (Å²) < 4.78 is 46.4. The molecule has 3 aromatic heterocycles. The van der Waals surface area contributed by atoms with Crippen LogP contribution in [0, 0.1) is 6.92 Å². The number of H-pyrrole nitrogens is 1. The third kappa shape index (κ3) is 3.81. The van der Waals surface area contributed by atoms with E-state index in [0.717, 1.165) is 48.9 Å². The van der Waals surface area contributed by atoms with Gasteiger partial charge in [0.25, 0.3) is 0 Å². The minimum absolute atomic E-state index is 0.0747. The van der Waals surface area contributed by atoms with Gasteiger partial charge in [-0.25, -0.2) is 9.97 Å². The van der Waals surface area contributed by atoms with E-state index in [2.05, 4.69) is 30.7 Å². The molecule has 10 heteroatoms. The minimum atomic E-state index is -4.58. The van der Waals surface area contributed by atoms with Crippen LogP contribution in [-0.2, 0) is 6.18 Å². The van der Waals surface area contributed by atoms with Crippen LogP contribution in [0.1, 0.15) is 24.1 Å². The van der Waals surface area contributed by atoms with Crippen molar-refractivity contribution >= 4 is 16.9 Å². The van der Waals surface area contributed by atoms with Crippen LogP contribution in [0.2, 0.25) is 0 Å². The van der Waals surface area contributed by atoms with Crippen LogP contribution in [0.4, 0.5) is 19.1 Å². The van der Waals surface area contributed by atoms with Gasteiger partial charge in [-0.3, -0.25) is 0 Å². The average molecular weight is 442 g/mol. The summed E-state index contributed by atoms with van der Waals surface area (Å²) in [6.07, 6.45) is 1.27. The Morgan fingerprint density at radius 2 is 2.09 bits per heavy atom. The Labute approximate surface area is 181 Å². The van der Waals surface area contributed by atoms with Crippen molar-refractivity contribution in [3.05, 3.63) is 48.1 Å². The predicted octanol–water partition coefficient (Wildman–Crippen LogP) is 4.77. The summed E-state index contributed by atoms with van der Waals surface area (Å²) in [5.74, 6) is 0.188. The number of hydrogen-bond donors (Lipinski definition) is 3. The number of piperidine rings is 1. The molecule has 1 aliphatic rings. The second-order valence-corrected chi connectivity index (χ2v) is 7.92. The summed E-state index contributed by atoms with van der Waals surface area (Å²) in [5.41, 5.74) is 2.45. The fourth-order valence-corrected chi connectivity index (χ4v) is 4.08. The lowest BCUT2D eigenvalue weighted by atomic mass is 10.0. The number of hydrogen-bond acceptors (Lipinski definition) is 6. The maximum absolute atomic E-state index is 13.8. The first-order valence-electron chi connectivity index (χ1n) is 10.3. The highest BCUT2D eigenvalue weighted by Gasteiger charge is 2.36. The van der Waals surface area contributed by atoms with E-state index >= 15 is 0 Å². The maximum atomic E-state index is 13.8.